The van der Waals surface area contributed by atoms with Gasteiger partial charge >= 0.3 is 0 Å². The van der Waals surface area contributed by atoms with Crippen molar-refractivity contribution in [2.24, 2.45) is 11.8 Å². The lowest BCUT2D eigenvalue weighted by atomic mass is 9.81. The fourth-order valence-corrected chi connectivity index (χ4v) is 5.88. The number of ketones is 1. The molecule has 8 nitrogen and oxygen atoms in total. The van der Waals surface area contributed by atoms with Gasteiger partial charge in [-0.15, -0.1) is 0 Å². The van der Waals surface area contributed by atoms with Gasteiger partial charge in [0.25, 0.3) is 10.0 Å². The van der Waals surface area contributed by atoms with Crippen LogP contribution in [0.1, 0.15) is 48.5 Å². The van der Waals surface area contributed by atoms with E-state index < -0.39 is 10.0 Å². The van der Waals surface area contributed by atoms with Crippen LogP contribution in [0.3, 0.4) is 0 Å². The van der Waals surface area contributed by atoms with E-state index in [0.717, 1.165) is 25.7 Å². The summed E-state index contributed by atoms with van der Waals surface area (Å²) in [4.78, 5) is 38.4. The third-order valence-electron chi connectivity index (χ3n) is 6.31. The van der Waals surface area contributed by atoms with Gasteiger partial charge in [0, 0.05) is 11.3 Å². The van der Waals surface area contributed by atoms with Gasteiger partial charge < -0.3 is 4.74 Å². The summed E-state index contributed by atoms with van der Waals surface area (Å²) >= 11 is 0. The number of sulfonamides is 1. The molecule has 1 heterocycles. The second-order valence-electron chi connectivity index (χ2n) is 8.49. The fraction of sp³-hybridized carbons (Fsp3) is 0.375. The third-order valence-corrected chi connectivity index (χ3v) is 7.71. The second kappa shape index (κ2) is 8.97. The number of carbonyl (C=O) groups excluding carboxylic acids is 3. The Morgan fingerprint density at radius 3 is 2.33 bits per heavy atom. The van der Waals surface area contributed by atoms with Crippen molar-refractivity contribution in [3.8, 4) is 5.75 Å². The maximum absolute atomic E-state index is 13.2. The molecule has 2 aromatic rings. The number of hydrogen-bond acceptors (Lipinski definition) is 6. The van der Waals surface area contributed by atoms with Crippen molar-refractivity contribution < 1.29 is 27.5 Å². The zero-order valence-electron chi connectivity index (χ0n) is 18.5. The molecule has 2 aromatic carbocycles. The van der Waals surface area contributed by atoms with Gasteiger partial charge in [0.2, 0.25) is 11.8 Å². The van der Waals surface area contributed by atoms with Crippen LogP contribution in [0.5, 0.6) is 5.75 Å². The molecule has 1 aliphatic carbocycles. The van der Waals surface area contributed by atoms with E-state index in [2.05, 4.69) is 4.72 Å². The lowest BCUT2D eigenvalue weighted by molar-refractivity contribution is -0.140. The Kier molecular flexibility index (Phi) is 6.25. The highest BCUT2D eigenvalue weighted by Gasteiger charge is 2.47. The summed E-state index contributed by atoms with van der Waals surface area (Å²) in [5.41, 5.74) is 1.13. The molecular formula is C24H26N2O6S. The summed E-state index contributed by atoms with van der Waals surface area (Å²) < 4.78 is 34.1. The summed E-state index contributed by atoms with van der Waals surface area (Å²) in [6.45, 7) is 1.41. The van der Waals surface area contributed by atoms with E-state index in [-0.39, 0.29) is 52.3 Å². The number of methoxy groups -OCH3 is 1. The van der Waals surface area contributed by atoms with Gasteiger partial charge in [-0.3, -0.25) is 24.0 Å². The first-order valence-electron chi connectivity index (χ1n) is 10.9. The molecule has 9 heteroatoms. The number of benzene rings is 2. The van der Waals surface area contributed by atoms with Crippen molar-refractivity contribution in [3.05, 3.63) is 53.6 Å². The molecule has 0 bridgehead atoms. The zero-order valence-corrected chi connectivity index (χ0v) is 19.4. The van der Waals surface area contributed by atoms with Crippen molar-refractivity contribution in [2.75, 3.05) is 11.8 Å². The monoisotopic (exact) mass is 470 g/mol. The van der Waals surface area contributed by atoms with Gasteiger partial charge in [-0.2, -0.15) is 0 Å². The molecule has 2 fully saturated rings. The van der Waals surface area contributed by atoms with E-state index in [1.54, 1.807) is 24.3 Å². The number of nitrogens with one attached hydrogen (secondary N) is 1. The Bertz CT molecular complexity index is 1200. The van der Waals surface area contributed by atoms with Crippen molar-refractivity contribution >= 4 is 33.3 Å². The largest absolute Gasteiger partial charge is 0.495 e. The van der Waals surface area contributed by atoms with Crippen molar-refractivity contribution in [3.63, 3.8) is 0 Å². The first-order valence-corrected chi connectivity index (χ1v) is 12.4. The Balaban J connectivity index is 1.62. The van der Waals surface area contributed by atoms with Gasteiger partial charge in [0.05, 0.1) is 25.5 Å². The molecule has 0 spiro atoms. The maximum atomic E-state index is 13.2. The summed E-state index contributed by atoms with van der Waals surface area (Å²) in [5.74, 6) is -0.933. The third kappa shape index (κ3) is 4.50. The van der Waals surface area contributed by atoms with Gasteiger partial charge in [0.15, 0.2) is 5.78 Å². The van der Waals surface area contributed by atoms with Crippen LogP contribution in [0.4, 0.5) is 5.69 Å². The van der Waals surface area contributed by atoms with Gasteiger partial charge in [-0.1, -0.05) is 31.0 Å². The van der Waals surface area contributed by atoms with E-state index in [4.69, 9.17) is 4.74 Å². The lowest BCUT2D eigenvalue weighted by Crippen LogP contribution is -2.30. The van der Waals surface area contributed by atoms with Crippen LogP contribution >= 0.6 is 0 Å². The number of fused-ring (bicyclic) bond motifs is 1. The smallest absolute Gasteiger partial charge is 0.265 e. The molecule has 1 saturated heterocycles. The van der Waals surface area contributed by atoms with Gasteiger partial charge in [-0.05, 0) is 49.6 Å². The lowest BCUT2D eigenvalue weighted by Gasteiger charge is -2.19. The molecular weight excluding hydrogens is 444 g/mol. The van der Waals surface area contributed by atoms with E-state index in [0.29, 0.717) is 11.1 Å². The average Bonchev–Trinajstić information content (AvgIpc) is 3.04. The predicted molar refractivity (Wildman–Crippen MR) is 121 cm³/mol. The summed E-state index contributed by atoms with van der Waals surface area (Å²) in [7, 11) is -2.71. The number of likely N-dealkylation sites (tertiary alicyclic amines) is 1. The second-order valence-corrected chi connectivity index (χ2v) is 10.1. The Hall–Kier alpha value is -3.20. The minimum Gasteiger partial charge on any atom is -0.495 e. The van der Waals surface area contributed by atoms with Crippen LogP contribution in [0.15, 0.2) is 47.4 Å². The normalized spacial score (nSPS) is 20.5. The minimum absolute atomic E-state index is 0.0109. The topological polar surface area (TPSA) is 110 Å². The SMILES string of the molecule is COc1ccc(CN2C(=O)C3CCCCC3C2=O)cc1S(=O)(=O)Nc1cccc(C(C)=O)c1. The molecule has 0 aromatic heterocycles. The number of ether oxygens (including phenoxy) is 1. The molecule has 2 atom stereocenters. The molecule has 1 aliphatic heterocycles. The van der Waals surface area contributed by atoms with E-state index in [9.17, 15) is 22.8 Å². The Morgan fingerprint density at radius 1 is 1.06 bits per heavy atom. The number of rotatable bonds is 7. The Morgan fingerprint density at radius 2 is 1.73 bits per heavy atom. The van der Waals surface area contributed by atoms with Crippen LogP contribution in [0, 0.1) is 11.8 Å². The highest BCUT2D eigenvalue weighted by atomic mass is 32.2. The molecule has 2 amide bonds. The van der Waals surface area contributed by atoms with Crippen LogP contribution in [-0.4, -0.2) is 38.0 Å². The molecule has 2 unspecified atom stereocenters. The summed E-state index contributed by atoms with van der Waals surface area (Å²) in [6.07, 6.45) is 3.32. The standard InChI is InChI=1S/C24H26N2O6S/c1-15(27)17-6-5-7-18(13-17)25-33(30,31)22-12-16(10-11-21(22)32-2)14-26-23(28)19-8-3-4-9-20(19)24(26)29/h5-7,10-13,19-20,25H,3-4,8-9,14H2,1-2H3. The summed E-state index contributed by atoms with van der Waals surface area (Å²) in [6, 6.07) is 10.8. The number of amides is 2. The number of carbonyl (C=O) groups is 3. The van der Waals surface area contributed by atoms with Crippen molar-refractivity contribution in [2.45, 2.75) is 44.0 Å². The number of imide groups is 1. The van der Waals surface area contributed by atoms with E-state index >= 15 is 0 Å². The molecule has 1 saturated carbocycles. The highest BCUT2D eigenvalue weighted by Crippen LogP contribution is 2.39. The van der Waals surface area contributed by atoms with Crippen LogP contribution < -0.4 is 9.46 Å². The number of hydrogen-bond donors (Lipinski definition) is 1. The minimum atomic E-state index is -4.08. The first kappa shape index (κ1) is 23.0. The van der Waals surface area contributed by atoms with Crippen LogP contribution in [0.2, 0.25) is 0 Å². The maximum Gasteiger partial charge on any atom is 0.265 e. The van der Waals surface area contributed by atoms with Crippen molar-refractivity contribution in [1.29, 1.82) is 0 Å². The first-order chi connectivity index (χ1) is 15.7. The van der Waals surface area contributed by atoms with Crippen LogP contribution in [0.25, 0.3) is 0 Å². The summed E-state index contributed by atoms with van der Waals surface area (Å²) in [5, 5.41) is 0. The van der Waals surface area contributed by atoms with Gasteiger partial charge in [-0.25, -0.2) is 8.42 Å². The molecule has 174 valence electrons. The van der Waals surface area contributed by atoms with E-state index in [1.165, 1.54) is 37.1 Å². The number of Topliss-reactive ketones (excluding diaryl/α,β-unsaturated/α-hetero) is 1. The predicted octanol–water partition coefficient (Wildman–Crippen LogP) is 3.37. The quantitative estimate of drug-likeness (QED) is 0.491. The molecule has 33 heavy (non-hydrogen) atoms. The number of anilines is 1. The molecule has 4 rings (SSSR count). The van der Waals surface area contributed by atoms with Crippen molar-refractivity contribution in [1.82, 2.24) is 4.90 Å². The molecule has 1 N–H and O–H groups in total. The van der Waals surface area contributed by atoms with Gasteiger partial charge in [0.1, 0.15) is 10.6 Å². The average molecular weight is 471 g/mol. The zero-order chi connectivity index (χ0) is 23.8. The van der Waals surface area contributed by atoms with E-state index in [1.807, 2.05) is 0 Å². The fourth-order valence-electron chi connectivity index (χ4n) is 4.61. The molecule has 2 aliphatic rings. The highest BCUT2D eigenvalue weighted by molar-refractivity contribution is 7.92. The number of nitrogens with zero attached hydrogens (tertiary/aromatic N) is 1. The van der Waals surface area contributed by atoms with Crippen LogP contribution in [-0.2, 0) is 26.2 Å². The Labute approximate surface area is 193 Å². The molecule has 0 radical (unpaired) electrons.